The van der Waals surface area contributed by atoms with Crippen molar-refractivity contribution >= 4 is 32.7 Å². The normalized spacial score (nSPS) is 11.8. The highest BCUT2D eigenvalue weighted by molar-refractivity contribution is 7.91. The molecule has 0 fully saturated rings. The highest BCUT2D eigenvalue weighted by Gasteiger charge is 2.14. The molecule has 9 heteroatoms. The summed E-state index contributed by atoms with van der Waals surface area (Å²) in [7, 11) is -3.40. The fourth-order valence-electron chi connectivity index (χ4n) is 1.70. The van der Waals surface area contributed by atoms with Gasteiger partial charge in [0.25, 0.3) is 0 Å². The second-order valence-electron chi connectivity index (χ2n) is 4.15. The molecule has 3 aromatic rings. The lowest BCUT2D eigenvalue weighted by molar-refractivity contribution is 0.583. The summed E-state index contributed by atoms with van der Waals surface area (Å²) in [6, 6.07) is 5.14. The topological polar surface area (TPSA) is 76.9 Å². The number of aromatic nitrogens is 3. The van der Waals surface area contributed by atoms with Crippen LogP contribution in [0.3, 0.4) is 0 Å². The number of hydrogen-bond donors (Lipinski definition) is 1. The molecule has 0 atom stereocenters. The van der Waals surface area contributed by atoms with Crippen molar-refractivity contribution in [3.8, 4) is 5.13 Å². The number of hydrogen-bond acceptors (Lipinski definition) is 6. The molecular formula is C12H12N4O2S3. The molecule has 0 aliphatic heterocycles. The smallest absolute Gasteiger partial charge is 0.223 e. The highest BCUT2D eigenvalue weighted by atomic mass is 32.2. The van der Waals surface area contributed by atoms with E-state index in [0.717, 1.165) is 10.8 Å². The quantitative estimate of drug-likeness (QED) is 0.744. The van der Waals surface area contributed by atoms with Gasteiger partial charge in [0.05, 0.1) is 5.69 Å². The zero-order valence-electron chi connectivity index (χ0n) is 10.8. The molecule has 3 rings (SSSR count). The molecule has 21 heavy (non-hydrogen) atoms. The number of nitrogens with one attached hydrogen (secondary N) is 1. The molecule has 0 saturated carbocycles. The van der Waals surface area contributed by atoms with Crippen molar-refractivity contribution in [2.75, 3.05) is 6.54 Å². The first-order valence-corrected chi connectivity index (χ1v) is 9.37. The van der Waals surface area contributed by atoms with Crippen LogP contribution in [0.15, 0.2) is 45.6 Å². The largest absolute Gasteiger partial charge is 0.250 e. The summed E-state index contributed by atoms with van der Waals surface area (Å²) in [5, 5.41) is 8.54. The van der Waals surface area contributed by atoms with Crippen LogP contribution in [0.4, 0.5) is 0 Å². The fourth-order valence-corrected chi connectivity index (χ4v) is 4.57. The number of sulfonamides is 1. The zero-order valence-corrected chi connectivity index (χ0v) is 13.3. The van der Waals surface area contributed by atoms with Crippen molar-refractivity contribution < 1.29 is 8.42 Å². The summed E-state index contributed by atoms with van der Waals surface area (Å²) < 4.78 is 28.5. The maximum atomic E-state index is 11.9. The van der Waals surface area contributed by atoms with E-state index in [2.05, 4.69) is 14.8 Å². The number of thiophene rings is 1. The van der Waals surface area contributed by atoms with Crippen LogP contribution in [0, 0.1) is 0 Å². The van der Waals surface area contributed by atoms with Gasteiger partial charge in [-0.2, -0.15) is 5.10 Å². The number of nitrogens with zero attached hydrogens (tertiary/aromatic N) is 3. The molecule has 3 heterocycles. The molecular weight excluding hydrogens is 328 g/mol. The average Bonchev–Trinajstić information content (AvgIpc) is 3.20. The Morgan fingerprint density at radius 2 is 2.19 bits per heavy atom. The van der Waals surface area contributed by atoms with E-state index < -0.39 is 10.0 Å². The molecule has 1 N–H and O–H groups in total. The molecule has 0 saturated heterocycles. The van der Waals surface area contributed by atoms with E-state index in [0.29, 0.717) is 17.2 Å². The van der Waals surface area contributed by atoms with E-state index in [1.54, 1.807) is 28.4 Å². The molecule has 0 amide bonds. The Morgan fingerprint density at radius 1 is 1.29 bits per heavy atom. The Balaban J connectivity index is 1.59. The zero-order chi connectivity index (χ0) is 14.7. The Hall–Kier alpha value is -1.55. The van der Waals surface area contributed by atoms with Crippen molar-refractivity contribution in [3.05, 3.63) is 47.0 Å². The first-order chi connectivity index (χ1) is 10.1. The lowest BCUT2D eigenvalue weighted by atomic mass is 10.3. The van der Waals surface area contributed by atoms with Crippen molar-refractivity contribution in [1.29, 1.82) is 0 Å². The summed E-state index contributed by atoms with van der Waals surface area (Å²) in [4.78, 5) is 4.42. The first kappa shape index (κ1) is 14.4. The maximum absolute atomic E-state index is 11.9. The minimum atomic E-state index is -3.40. The van der Waals surface area contributed by atoms with E-state index in [9.17, 15) is 8.42 Å². The van der Waals surface area contributed by atoms with Gasteiger partial charge in [0.15, 0.2) is 0 Å². The van der Waals surface area contributed by atoms with Gasteiger partial charge in [0.1, 0.15) is 4.21 Å². The molecule has 0 aliphatic rings. The fraction of sp³-hybridized carbons (Fsp3) is 0.167. The Morgan fingerprint density at radius 3 is 2.90 bits per heavy atom. The molecule has 110 valence electrons. The minimum absolute atomic E-state index is 0.322. The molecule has 0 spiro atoms. The standard InChI is InChI=1S/C12H12N4O2S3/c17-21(18,11-3-1-8-19-11)14-6-4-10-9-20-12(15-10)16-7-2-5-13-16/h1-3,5,7-9,14H,4,6H2. The summed E-state index contributed by atoms with van der Waals surface area (Å²) >= 11 is 2.68. The van der Waals surface area contributed by atoms with E-state index in [1.807, 2.05) is 17.6 Å². The van der Waals surface area contributed by atoms with Crippen molar-refractivity contribution in [3.63, 3.8) is 0 Å². The SMILES string of the molecule is O=S(=O)(NCCc1csc(-n2cccn2)n1)c1cccs1. The summed E-state index contributed by atoms with van der Waals surface area (Å²) in [6.45, 7) is 0.322. The Bertz CT molecular complexity index is 792. The summed E-state index contributed by atoms with van der Waals surface area (Å²) in [6.07, 6.45) is 4.06. The third kappa shape index (κ3) is 3.38. The van der Waals surface area contributed by atoms with Gasteiger partial charge in [-0.25, -0.2) is 22.8 Å². The molecule has 0 radical (unpaired) electrons. The van der Waals surface area contributed by atoms with Crippen LogP contribution in [-0.4, -0.2) is 29.7 Å². The van der Waals surface area contributed by atoms with Gasteiger partial charge in [0, 0.05) is 30.7 Å². The molecule has 3 aromatic heterocycles. The second kappa shape index (κ2) is 6.06. The Labute approximate surface area is 130 Å². The first-order valence-electron chi connectivity index (χ1n) is 6.13. The van der Waals surface area contributed by atoms with E-state index in [1.165, 1.54) is 22.7 Å². The van der Waals surface area contributed by atoms with Crippen LogP contribution in [0.25, 0.3) is 5.13 Å². The third-order valence-corrected chi connectivity index (χ3v) is 6.41. The van der Waals surface area contributed by atoms with E-state index in [-0.39, 0.29) is 0 Å². The molecule has 0 aliphatic carbocycles. The van der Waals surface area contributed by atoms with E-state index >= 15 is 0 Å². The van der Waals surface area contributed by atoms with Crippen LogP contribution >= 0.6 is 22.7 Å². The third-order valence-electron chi connectivity index (χ3n) is 2.67. The van der Waals surface area contributed by atoms with Gasteiger partial charge in [-0.05, 0) is 17.5 Å². The van der Waals surface area contributed by atoms with Crippen molar-refractivity contribution in [2.24, 2.45) is 0 Å². The van der Waals surface area contributed by atoms with Gasteiger partial charge in [-0.15, -0.1) is 22.7 Å². The number of rotatable bonds is 6. The van der Waals surface area contributed by atoms with Gasteiger partial charge in [-0.3, -0.25) is 0 Å². The highest BCUT2D eigenvalue weighted by Crippen LogP contribution is 2.16. The predicted molar refractivity (Wildman–Crippen MR) is 82.4 cm³/mol. The molecule has 6 nitrogen and oxygen atoms in total. The number of thiazole rings is 1. The van der Waals surface area contributed by atoms with Crippen LogP contribution < -0.4 is 4.72 Å². The second-order valence-corrected chi connectivity index (χ2v) is 7.93. The van der Waals surface area contributed by atoms with Gasteiger partial charge in [-0.1, -0.05) is 6.07 Å². The lowest BCUT2D eigenvalue weighted by Crippen LogP contribution is -2.25. The van der Waals surface area contributed by atoms with Crippen LogP contribution in [0.5, 0.6) is 0 Å². The van der Waals surface area contributed by atoms with Crippen molar-refractivity contribution in [1.82, 2.24) is 19.5 Å². The van der Waals surface area contributed by atoms with Gasteiger partial charge in [0.2, 0.25) is 15.2 Å². The van der Waals surface area contributed by atoms with Crippen LogP contribution in [-0.2, 0) is 16.4 Å². The van der Waals surface area contributed by atoms with Gasteiger partial charge < -0.3 is 0 Å². The van der Waals surface area contributed by atoms with Crippen LogP contribution in [0.2, 0.25) is 0 Å². The molecule has 0 bridgehead atoms. The average molecular weight is 340 g/mol. The summed E-state index contributed by atoms with van der Waals surface area (Å²) in [5.41, 5.74) is 0.847. The van der Waals surface area contributed by atoms with E-state index in [4.69, 9.17) is 0 Å². The summed E-state index contributed by atoms with van der Waals surface area (Å²) in [5.74, 6) is 0. The minimum Gasteiger partial charge on any atom is -0.223 e. The van der Waals surface area contributed by atoms with Crippen molar-refractivity contribution in [2.45, 2.75) is 10.6 Å². The molecule has 0 unspecified atom stereocenters. The maximum Gasteiger partial charge on any atom is 0.250 e. The lowest BCUT2D eigenvalue weighted by Gasteiger charge is -2.03. The van der Waals surface area contributed by atoms with Crippen LogP contribution in [0.1, 0.15) is 5.69 Å². The van der Waals surface area contributed by atoms with Gasteiger partial charge >= 0.3 is 0 Å². The molecule has 0 aromatic carbocycles. The monoisotopic (exact) mass is 340 g/mol. The Kier molecular flexibility index (Phi) is 4.15. The predicted octanol–water partition coefficient (Wildman–Crippen LogP) is 1.91.